The molecule has 1 heterocycles. The molecule has 1 aromatic rings. The van der Waals surface area contributed by atoms with Gasteiger partial charge in [-0.05, 0) is 0 Å². The Bertz CT molecular complexity index is 304. The Kier molecular flexibility index (Phi) is 1.79. The fourth-order valence-corrected chi connectivity index (χ4v) is 0.525. The number of primary amides is 1. The molecule has 0 fully saturated rings. The fraction of sp³-hybridized carbons (Fsp3) is 0.200. The maximum Gasteiger partial charge on any atom is 0.452 e. The minimum atomic E-state index is -4.64. The largest absolute Gasteiger partial charge is 0.452 e. The number of hydrogen-bond acceptors (Lipinski definition) is 3. The van der Waals surface area contributed by atoms with E-state index >= 15 is 0 Å². The molecular weight excluding hydrogens is 177 g/mol. The summed E-state index contributed by atoms with van der Waals surface area (Å²) in [5.74, 6) is -2.40. The summed E-state index contributed by atoms with van der Waals surface area (Å²) >= 11 is 0. The summed E-state index contributed by atoms with van der Waals surface area (Å²) in [5.41, 5.74) is 4.10. The molecule has 66 valence electrons. The van der Waals surface area contributed by atoms with Gasteiger partial charge in [0.2, 0.25) is 5.76 Å². The van der Waals surface area contributed by atoms with Crippen LogP contribution in [0.5, 0.6) is 0 Å². The van der Waals surface area contributed by atoms with Gasteiger partial charge in [-0.3, -0.25) is 4.79 Å². The molecular formula is C5H3F3N2O2. The molecule has 0 aliphatic rings. The summed E-state index contributed by atoms with van der Waals surface area (Å²) in [6, 6.07) is 0.447. The first kappa shape index (κ1) is 8.57. The van der Waals surface area contributed by atoms with Crippen LogP contribution in [0.15, 0.2) is 10.6 Å². The van der Waals surface area contributed by atoms with Crippen molar-refractivity contribution in [2.45, 2.75) is 6.18 Å². The van der Waals surface area contributed by atoms with Gasteiger partial charge >= 0.3 is 6.18 Å². The second kappa shape index (κ2) is 2.50. The van der Waals surface area contributed by atoms with E-state index in [1.54, 1.807) is 0 Å². The third-order valence-electron chi connectivity index (χ3n) is 1.04. The fourth-order valence-electron chi connectivity index (χ4n) is 0.525. The van der Waals surface area contributed by atoms with Crippen LogP contribution in [0.3, 0.4) is 0 Å². The van der Waals surface area contributed by atoms with E-state index in [0.29, 0.717) is 6.07 Å². The van der Waals surface area contributed by atoms with Crippen LogP contribution in [0.4, 0.5) is 13.2 Å². The number of halogens is 3. The predicted octanol–water partition coefficient (Wildman–Crippen LogP) is 0.792. The lowest BCUT2D eigenvalue weighted by atomic mass is 10.3. The van der Waals surface area contributed by atoms with Crippen molar-refractivity contribution in [2.75, 3.05) is 0 Å². The maximum atomic E-state index is 11.8. The van der Waals surface area contributed by atoms with Crippen LogP contribution in [0.25, 0.3) is 0 Å². The molecule has 0 atom stereocenters. The summed E-state index contributed by atoms with van der Waals surface area (Å²) in [5, 5.41) is 2.81. The van der Waals surface area contributed by atoms with Crippen molar-refractivity contribution < 1.29 is 22.5 Å². The summed E-state index contributed by atoms with van der Waals surface area (Å²) in [4.78, 5) is 10.3. The van der Waals surface area contributed by atoms with Crippen LogP contribution in [0, 0.1) is 0 Å². The van der Waals surface area contributed by atoms with E-state index in [-0.39, 0.29) is 0 Å². The Morgan fingerprint density at radius 2 is 2.17 bits per heavy atom. The zero-order valence-corrected chi connectivity index (χ0v) is 5.55. The number of amides is 1. The SMILES string of the molecule is NC(=O)c1cc(C(F)(F)F)on1. The Balaban J connectivity index is 3.00. The van der Waals surface area contributed by atoms with Crippen LogP contribution in [-0.2, 0) is 6.18 Å². The molecule has 0 aliphatic carbocycles. The minimum absolute atomic E-state index is 0.447. The average Bonchev–Trinajstić information content (AvgIpc) is 2.30. The predicted molar refractivity (Wildman–Crippen MR) is 30.0 cm³/mol. The first-order chi connectivity index (χ1) is 5.41. The number of carbonyl (C=O) groups excluding carboxylic acids is 1. The topological polar surface area (TPSA) is 69.1 Å². The number of rotatable bonds is 1. The van der Waals surface area contributed by atoms with Gasteiger partial charge in [0.25, 0.3) is 5.91 Å². The summed E-state index contributed by atoms with van der Waals surface area (Å²) < 4.78 is 39.2. The second-order valence-electron chi connectivity index (χ2n) is 1.94. The molecule has 0 radical (unpaired) electrons. The van der Waals surface area contributed by atoms with Crippen LogP contribution in [-0.4, -0.2) is 11.1 Å². The number of carbonyl (C=O) groups is 1. The van der Waals surface area contributed by atoms with Crippen LogP contribution in [0.2, 0.25) is 0 Å². The summed E-state index contributed by atoms with van der Waals surface area (Å²) in [6.07, 6.45) is -4.64. The summed E-state index contributed by atoms with van der Waals surface area (Å²) in [7, 11) is 0. The van der Waals surface area contributed by atoms with Gasteiger partial charge in [-0.15, -0.1) is 0 Å². The van der Waals surface area contributed by atoms with Gasteiger partial charge in [0, 0.05) is 6.07 Å². The van der Waals surface area contributed by atoms with E-state index in [1.165, 1.54) is 0 Å². The highest BCUT2D eigenvalue weighted by Crippen LogP contribution is 2.29. The smallest absolute Gasteiger partial charge is 0.364 e. The number of hydrogen-bond donors (Lipinski definition) is 1. The van der Waals surface area contributed by atoms with Gasteiger partial charge in [0.05, 0.1) is 0 Å². The lowest BCUT2D eigenvalue weighted by Gasteiger charge is -1.96. The Morgan fingerprint density at radius 1 is 1.58 bits per heavy atom. The lowest BCUT2D eigenvalue weighted by molar-refractivity contribution is -0.155. The third kappa shape index (κ3) is 1.55. The highest BCUT2D eigenvalue weighted by atomic mass is 19.4. The zero-order chi connectivity index (χ0) is 9.35. The molecule has 1 aromatic heterocycles. The van der Waals surface area contributed by atoms with Crippen molar-refractivity contribution in [3.05, 3.63) is 17.5 Å². The molecule has 7 heteroatoms. The van der Waals surface area contributed by atoms with Crippen LogP contribution >= 0.6 is 0 Å². The van der Waals surface area contributed by atoms with Crippen molar-refractivity contribution in [3.63, 3.8) is 0 Å². The summed E-state index contributed by atoms with van der Waals surface area (Å²) in [6.45, 7) is 0. The molecule has 0 spiro atoms. The highest BCUT2D eigenvalue weighted by Gasteiger charge is 2.36. The molecule has 12 heavy (non-hydrogen) atoms. The second-order valence-corrected chi connectivity index (χ2v) is 1.94. The average molecular weight is 180 g/mol. The molecule has 0 aliphatic heterocycles. The van der Waals surface area contributed by atoms with Crippen molar-refractivity contribution in [2.24, 2.45) is 5.73 Å². The van der Waals surface area contributed by atoms with Crippen molar-refractivity contribution in [3.8, 4) is 0 Å². The van der Waals surface area contributed by atoms with E-state index in [4.69, 9.17) is 0 Å². The third-order valence-corrected chi connectivity index (χ3v) is 1.04. The Morgan fingerprint density at radius 3 is 2.42 bits per heavy atom. The minimum Gasteiger partial charge on any atom is -0.364 e. The van der Waals surface area contributed by atoms with Crippen molar-refractivity contribution in [1.82, 2.24) is 5.16 Å². The molecule has 0 bridgehead atoms. The molecule has 2 N–H and O–H groups in total. The van der Waals surface area contributed by atoms with E-state index in [2.05, 4.69) is 15.4 Å². The van der Waals surface area contributed by atoms with Crippen molar-refractivity contribution >= 4 is 5.91 Å². The van der Waals surface area contributed by atoms with Gasteiger partial charge in [0.1, 0.15) is 0 Å². The Hall–Kier alpha value is -1.53. The maximum absolute atomic E-state index is 11.8. The molecule has 1 rings (SSSR count). The number of alkyl halides is 3. The number of nitrogens with two attached hydrogens (primary N) is 1. The molecule has 0 unspecified atom stereocenters. The van der Waals surface area contributed by atoms with Gasteiger partial charge in [-0.25, -0.2) is 0 Å². The Labute approximate surface area is 64.1 Å². The van der Waals surface area contributed by atoms with Crippen LogP contribution < -0.4 is 5.73 Å². The zero-order valence-electron chi connectivity index (χ0n) is 5.55. The monoisotopic (exact) mass is 180 g/mol. The first-order valence-electron chi connectivity index (χ1n) is 2.75. The quantitative estimate of drug-likeness (QED) is 0.694. The molecule has 4 nitrogen and oxygen atoms in total. The van der Waals surface area contributed by atoms with Crippen LogP contribution in [0.1, 0.15) is 16.2 Å². The standard InChI is InChI=1S/C5H3F3N2O2/c6-5(7,8)3-1-2(4(9)11)10-12-3/h1H,(H2,9,11). The molecule has 0 aromatic carbocycles. The van der Waals surface area contributed by atoms with Crippen molar-refractivity contribution in [1.29, 1.82) is 0 Å². The van der Waals surface area contributed by atoms with Gasteiger partial charge < -0.3 is 10.3 Å². The van der Waals surface area contributed by atoms with E-state index in [1.807, 2.05) is 0 Å². The molecule has 1 amide bonds. The molecule has 0 saturated heterocycles. The van der Waals surface area contributed by atoms with E-state index in [0.717, 1.165) is 0 Å². The highest BCUT2D eigenvalue weighted by molar-refractivity contribution is 5.90. The first-order valence-corrected chi connectivity index (χ1v) is 2.75. The van der Waals surface area contributed by atoms with Gasteiger partial charge in [-0.2, -0.15) is 13.2 Å². The van der Waals surface area contributed by atoms with E-state index in [9.17, 15) is 18.0 Å². The lowest BCUT2D eigenvalue weighted by Crippen LogP contribution is -2.11. The molecule has 0 saturated carbocycles. The number of aromatic nitrogens is 1. The van der Waals surface area contributed by atoms with Gasteiger partial charge in [0.15, 0.2) is 5.69 Å². The normalized spacial score (nSPS) is 11.6. The van der Waals surface area contributed by atoms with Gasteiger partial charge in [-0.1, -0.05) is 5.16 Å². The number of nitrogens with zero attached hydrogens (tertiary/aromatic N) is 1. The van der Waals surface area contributed by atoms with E-state index < -0.39 is 23.5 Å².